The fourth-order valence-electron chi connectivity index (χ4n) is 1.91. The molecule has 0 heterocycles. The third-order valence-corrected chi connectivity index (χ3v) is 3.82. The van der Waals surface area contributed by atoms with E-state index in [1.54, 1.807) is 5.01 Å². The molecule has 0 amide bonds. The van der Waals surface area contributed by atoms with Gasteiger partial charge in [-0.15, -0.1) is 0 Å². The van der Waals surface area contributed by atoms with Crippen molar-refractivity contribution < 1.29 is 0 Å². The van der Waals surface area contributed by atoms with Crippen LogP contribution in [0.2, 0.25) is 0 Å². The predicted molar refractivity (Wildman–Crippen MR) is 84.1 cm³/mol. The zero-order valence-electron chi connectivity index (χ0n) is 10.2. The van der Waals surface area contributed by atoms with Crippen LogP contribution in [0.3, 0.4) is 0 Å². The molecule has 2 rings (SSSR count). The molecule has 2 nitrogen and oxygen atoms in total. The highest BCUT2D eigenvalue weighted by Gasteiger charge is 2.10. The first-order chi connectivity index (χ1) is 8.49. The van der Waals surface area contributed by atoms with Gasteiger partial charge in [-0.1, -0.05) is 31.9 Å². The minimum atomic E-state index is 1.00. The van der Waals surface area contributed by atoms with Crippen molar-refractivity contribution in [3.05, 3.63) is 56.5 Å². The number of hydrogen-bond donors (Lipinski definition) is 1. The van der Waals surface area contributed by atoms with Crippen LogP contribution < -0.4 is 10.9 Å². The number of nitrogens with zero attached hydrogens (tertiary/aromatic N) is 1. The Morgan fingerprint density at radius 1 is 0.833 bits per heavy atom. The van der Waals surface area contributed by atoms with E-state index >= 15 is 0 Å². The second-order valence-corrected chi connectivity index (χ2v) is 6.06. The highest BCUT2D eigenvalue weighted by molar-refractivity contribution is 9.10. The Hall–Kier alpha value is -0.840. The fraction of sp³-hybridized carbons (Fsp3) is 0.143. The third-order valence-electron chi connectivity index (χ3n) is 2.84. The van der Waals surface area contributed by atoms with Crippen molar-refractivity contribution in [3.63, 3.8) is 0 Å². The van der Waals surface area contributed by atoms with Crippen molar-refractivity contribution in [1.29, 1.82) is 0 Å². The van der Waals surface area contributed by atoms with E-state index in [2.05, 4.69) is 44.0 Å². The Balaban J connectivity index is 2.44. The van der Waals surface area contributed by atoms with Crippen molar-refractivity contribution >= 4 is 43.2 Å². The van der Waals surface area contributed by atoms with Crippen LogP contribution in [-0.4, -0.2) is 0 Å². The molecular weight excluding hydrogens is 356 g/mol. The minimum absolute atomic E-state index is 1.00. The molecule has 0 aromatic heterocycles. The summed E-state index contributed by atoms with van der Waals surface area (Å²) in [6.45, 7) is 4.10. The van der Waals surface area contributed by atoms with Crippen LogP contribution in [0.25, 0.3) is 0 Å². The fourth-order valence-corrected chi connectivity index (χ4v) is 2.86. The van der Waals surface area contributed by atoms with Gasteiger partial charge in [0.05, 0.1) is 11.4 Å². The predicted octanol–water partition coefficient (Wildman–Crippen LogP) is 4.84. The van der Waals surface area contributed by atoms with Gasteiger partial charge < -0.3 is 0 Å². The van der Waals surface area contributed by atoms with E-state index < -0.39 is 0 Å². The molecular formula is C14H14Br2N2. The average Bonchev–Trinajstić information content (AvgIpc) is 2.28. The van der Waals surface area contributed by atoms with Crippen LogP contribution in [0.15, 0.2) is 45.3 Å². The van der Waals surface area contributed by atoms with Crippen LogP contribution in [0.5, 0.6) is 0 Å². The molecule has 0 radical (unpaired) electrons. The largest absolute Gasteiger partial charge is 0.279 e. The summed E-state index contributed by atoms with van der Waals surface area (Å²) >= 11 is 6.92. The van der Waals surface area contributed by atoms with E-state index in [-0.39, 0.29) is 0 Å². The van der Waals surface area contributed by atoms with E-state index in [0.29, 0.717) is 0 Å². The summed E-state index contributed by atoms with van der Waals surface area (Å²) in [6.07, 6.45) is 0. The molecule has 0 aliphatic heterocycles. The van der Waals surface area contributed by atoms with Crippen molar-refractivity contribution in [3.8, 4) is 0 Å². The Labute approximate surface area is 124 Å². The van der Waals surface area contributed by atoms with Gasteiger partial charge in [0.1, 0.15) is 0 Å². The lowest BCUT2D eigenvalue weighted by atomic mass is 10.1. The van der Waals surface area contributed by atoms with E-state index in [1.165, 1.54) is 0 Å². The van der Waals surface area contributed by atoms with Crippen molar-refractivity contribution in [2.24, 2.45) is 5.84 Å². The molecule has 2 aromatic carbocycles. The molecule has 0 aliphatic rings. The molecule has 18 heavy (non-hydrogen) atoms. The first-order valence-corrected chi connectivity index (χ1v) is 7.15. The molecule has 0 atom stereocenters. The van der Waals surface area contributed by atoms with Gasteiger partial charge in [-0.3, -0.25) is 5.01 Å². The number of anilines is 2. The second kappa shape index (κ2) is 5.43. The van der Waals surface area contributed by atoms with Gasteiger partial charge in [0.15, 0.2) is 0 Å². The van der Waals surface area contributed by atoms with Crippen LogP contribution in [0.1, 0.15) is 11.1 Å². The quantitative estimate of drug-likeness (QED) is 0.606. The Morgan fingerprint density at radius 3 is 1.56 bits per heavy atom. The summed E-state index contributed by atoms with van der Waals surface area (Å²) in [7, 11) is 0. The van der Waals surface area contributed by atoms with Gasteiger partial charge in [0, 0.05) is 8.95 Å². The smallest absolute Gasteiger partial charge is 0.0605 e. The molecule has 0 aliphatic carbocycles. The number of nitrogens with two attached hydrogens (primary N) is 1. The molecule has 0 bridgehead atoms. The summed E-state index contributed by atoms with van der Waals surface area (Å²) < 4.78 is 2.12. The van der Waals surface area contributed by atoms with Gasteiger partial charge in [-0.2, -0.15) is 0 Å². The van der Waals surface area contributed by atoms with Gasteiger partial charge >= 0.3 is 0 Å². The third kappa shape index (κ3) is 2.76. The average molecular weight is 370 g/mol. The maximum Gasteiger partial charge on any atom is 0.0605 e. The van der Waals surface area contributed by atoms with Crippen LogP contribution in [0, 0.1) is 13.8 Å². The number of halogens is 2. The lowest BCUT2D eigenvalue weighted by Crippen LogP contribution is -2.26. The standard InChI is InChI=1S/C14H14Br2N2/c1-9-7-11(15)3-5-13(9)18(17)14-6-4-12(16)8-10(14)2/h3-8H,17H2,1-2H3. The van der Waals surface area contributed by atoms with Crippen molar-refractivity contribution in [2.75, 3.05) is 5.01 Å². The summed E-state index contributed by atoms with van der Waals surface area (Å²) in [5, 5.41) is 1.73. The number of benzene rings is 2. The molecule has 0 saturated carbocycles. The molecule has 2 aromatic rings. The first-order valence-electron chi connectivity index (χ1n) is 5.56. The monoisotopic (exact) mass is 368 g/mol. The lowest BCUT2D eigenvalue weighted by Gasteiger charge is -2.23. The maximum absolute atomic E-state index is 6.22. The highest BCUT2D eigenvalue weighted by Crippen LogP contribution is 2.30. The first kappa shape index (κ1) is 13.6. The van der Waals surface area contributed by atoms with Gasteiger partial charge in [0.2, 0.25) is 0 Å². The molecule has 2 N–H and O–H groups in total. The molecule has 4 heteroatoms. The zero-order chi connectivity index (χ0) is 13.3. The van der Waals surface area contributed by atoms with Crippen molar-refractivity contribution in [1.82, 2.24) is 0 Å². The minimum Gasteiger partial charge on any atom is -0.279 e. The molecule has 0 fully saturated rings. The Kier molecular flexibility index (Phi) is 4.10. The Bertz CT molecular complexity index is 531. The normalized spacial score (nSPS) is 10.5. The number of hydrogen-bond acceptors (Lipinski definition) is 2. The van der Waals surface area contributed by atoms with Gasteiger partial charge in [-0.25, -0.2) is 5.84 Å². The summed E-state index contributed by atoms with van der Waals surface area (Å²) in [6, 6.07) is 12.1. The molecule has 0 spiro atoms. The van der Waals surface area contributed by atoms with Crippen LogP contribution in [-0.2, 0) is 0 Å². The van der Waals surface area contributed by atoms with Crippen molar-refractivity contribution in [2.45, 2.75) is 13.8 Å². The van der Waals surface area contributed by atoms with Gasteiger partial charge in [-0.05, 0) is 61.4 Å². The number of hydrazine groups is 1. The maximum atomic E-state index is 6.22. The topological polar surface area (TPSA) is 29.3 Å². The molecule has 0 unspecified atom stereocenters. The lowest BCUT2D eigenvalue weighted by molar-refractivity contribution is 1.06. The summed E-state index contributed by atoms with van der Waals surface area (Å²) in [4.78, 5) is 0. The van der Waals surface area contributed by atoms with E-state index in [1.807, 2.05) is 38.1 Å². The van der Waals surface area contributed by atoms with E-state index in [0.717, 1.165) is 31.4 Å². The Morgan fingerprint density at radius 2 is 1.22 bits per heavy atom. The van der Waals surface area contributed by atoms with Crippen LogP contribution in [0.4, 0.5) is 11.4 Å². The van der Waals surface area contributed by atoms with E-state index in [4.69, 9.17) is 5.84 Å². The number of aryl methyl sites for hydroxylation is 2. The summed E-state index contributed by atoms with van der Waals surface area (Å²) in [5.41, 5.74) is 4.27. The SMILES string of the molecule is Cc1cc(Br)ccc1N(N)c1ccc(Br)cc1C. The zero-order valence-corrected chi connectivity index (χ0v) is 13.4. The molecule has 0 saturated heterocycles. The highest BCUT2D eigenvalue weighted by atomic mass is 79.9. The van der Waals surface area contributed by atoms with Gasteiger partial charge in [0.25, 0.3) is 0 Å². The molecule has 94 valence electrons. The van der Waals surface area contributed by atoms with Crippen LogP contribution >= 0.6 is 31.9 Å². The number of rotatable bonds is 2. The van der Waals surface area contributed by atoms with E-state index in [9.17, 15) is 0 Å². The second-order valence-electron chi connectivity index (χ2n) is 4.23. The summed E-state index contributed by atoms with van der Waals surface area (Å²) in [5.74, 6) is 6.22.